The van der Waals surface area contributed by atoms with E-state index in [9.17, 15) is 9.59 Å². The molecule has 0 bridgehead atoms. The Morgan fingerprint density at radius 1 is 1.15 bits per heavy atom. The maximum atomic E-state index is 12.1. The van der Waals surface area contributed by atoms with Gasteiger partial charge in [0.05, 0.1) is 11.3 Å². The van der Waals surface area contributed by atoms with Crippen LogP contribution in [0.5, 0.6) is 0 Å². The summed E-state index contributed by atoms with van der Waals surface area (Å²) in [5, 5.41) is 3.31. The van der Waals surface area contributed by atoms with Gasteiger partial charge in [0.1, 0.15) is 0 Å². The highest BCUT2D eigenvalue weighted by atomic mass is 16.2. The van der Waals surface area contributed by atoms with Crippen molar-refractivity contribution in [2.45, 2.75) is 33.6 Å². The van der Waals surface area contributed by atoms with Crippen LogP contribution in [0.15, 0.2) is 12.1 Å². The van der Waals surface area contributed by atoms with Gasteiger partial charge in [-0.05, 0) is 57.0 Å². The zero-order valence-corrected chi connectivity index (χ0v) is 12.5. The molecule has 4 nitrogen and oxygen atoms in total. The Labute approximate surface area is 120 Å². The third-order valence-corrected chi connectivity index (χ3v) is 3.82. The topological polar surface area (TPSA) is 49.4 Å². The molecular formula is C16H22N2O2. The van der Waals surface area contributed by atoms with Crippen molar-refractivity contribution >= 4 is 17.4 Å². The summed E-state index contributed by atoms with van der Waals surface area (Å²) in [5.41, 5.74) is 3.51. The third kappa shape index (κ3) is 2.61. The minimum atomic E-state index is -0.385. The van der Waals surface area contributed by atoms with Gasteiger partial charge in [0.2, 0.25) is 0 Å². The first-order valence-electron chi connectivity index (χ1n) is 7.25. The average molecular weight is 274 g/mol. The van der Waals surface area contributed by atoms with Crippen LogP contribution in [0.4, 0.5) is 5.69 Å². The highest BCUT2D eigenvalue weighted by Crippen LogP contribution is 2.33. The molecule has 0 unspecified atom stereocenters. The van der Waals surface area contributed by atoms with E-state index in [1.54, 1.807) is 11.0 Å². The van der Waals surface area contributed by atoms with Gasteiger partial charge < -0.3 is 10.2 Å². The van der Waals surface area contributed by atoms with Gasteiger partial charge in [-0.15, -0.1) is 0 Å². The first kappa shape index (κ1) is 14.7. The molecule has 4 heteroatoms. The molecule has 20 heavy (non-hydrogen) atoms. The molecule has 0 saturated carbocycles. The van der Waals surface area contributed by atoms with Crippen molar-refractivity contribution in [1.29, 1.82) is 0 Å². The number of benzene rings is 1. The summed E-state index contributed by atoms with van der Waals surface area (Å²) in [5.74, 6) is -0.756. The molecule has 1 aliphatic heterocycles. The second kappa shape index (κ2) is 6.18. The minimum absolute atomic E-state index is 0.371. The van der Waals surface area contributed by atoms with Crippen molar-refractivity contribution in [3.05, 3.63) is 28.8 Å². The van der Waals surface area contributed by atoms with E-state index >= 15 is 0 Å². The van der Waals surface area contributed by atoms with E-state index in [0.717, 1.165) is 42.7 Å². The molecule has 1 amide bonds. The van der Waals surface area contributed by atoms with Crippen LogP contribution in [0.1, 0.15) is 41.3 Å². The van der Waals surface area contributed by atoms with Gasteiger partial charge in [-0.2, -0.15) is 0 Å². The third-order valence-electron chi connectivity index (χ3n) is 3.82. The number of anilines is 1. The van der Waals surface area contributed by atoms with Gasteiger partial charge in [0.15, 0.2) is 0 Å². The molecule has 0 aliphatic carbocycles. The molecule has 1 aliphatic rings. The summed E-state index contributed by atoms with van der Waals surface area (Å²) >= 11 is 0. The van der Waals surface area contributed by atoms with Gasteiger partial charge in [0, 0.05) is 6.54 Å². The van der Waals surface area contributed by atoms with Crippen LogP contribution in [0.2, 0.25) is 0 Å². The van der Waals surface area contributed by atoms with Crippen LogP contribution in [-0.2, 0) is 4.79 Å². The van der Waals surface area contributed by atoms with Gasteiger partial charge >= 0.3 is 0 Å². The van der Waals surface area contributed by atoms with Crippen molar-refractivity contribution in [1.82, 2.24) is 5.32 Å². The lowest BCUT2D eigenvalue weighted by Crippen LogP contribution is -2.32. The zero-order chi connectivity index (χ0) is 14.7. The van der Waals surface area contributed by atoms with Crippen LogP contribution >= 0.6 is 0 Å². The number of hydrogen-bond acceptors (Lipinski definition) is 3. The number of ketones is 1. The highest BCUT2D eigenvalue weighted by molar-refractivity contribution is 6.52. The Balaban J connectivity index is 2.13. The lowest BCUT2D eigenvalue weighted by molar-refractivity contribution is -0.114. The summed E-state index contributed by atoms with van der Waals surface area (Å²) < 4.78 is 0. The largest absolute Gasteiger partial charge is 0.317 e. The smallest absolute Gasteiger partial charge is 0.299 e. The fourth-order valence-corrected chi connectivity index (χ4v) is 2.55. The highest BCUT2D eigenvalue weighted by Gasteiger charge is 2.36. The molecule has 0 radical (unpaired) electrons. The molecule has 2 rings (SSSR count). The maximum absolute atomic E-state index is 12.1. The lowest BCUT2D eigenvalue weighted by Gasteiger charge is -2.19. The van der Waals surface area contributed by atoms with Crippen molar-refractivity contribution in [2.75, 3.05) is 24.5 Å². The molecule has 1 heterocycles. The Bertz CT molecular complexity index is 538. The van der Waals surface area contributed by atoms with Crippen LogP contribution in [0, 0.1) is 13.8 Å². The quantitative estimate of drug-likeness (QED) is 0.639. The molecular weight excluding hydrogens is 252 g/mol. The van der Waals surface area contributed by atoms with E-state index in [4.69, 9.17) is 0 Å². The Morgan fingerprint density at radius 2 is 1.90 bits per heavy atom. The number of Topliss-reactive ketones (excluding diaryl/α,β-unsaturated/α-hetero) is 1. The van der Waals surface area contributed by atoms with E-state index in [0.29, 0.717) is 12.1 Å². The predicted octanol–water partition coefficient (Wildman–Crippen LogP) is 2.22. The molecule has 108 valence electrons. The van der Waals surface area contributed by atoms with Crippen LogP contribution in [0.25, 0.3) is 0 Å². The zero-order valence-electron chi connectivity index (χ0n) is 12.5. The number of aryl methyl sites for hydroxylation is 1. The Hall–Kier alpha value is -1.68. The van der Waals surface area contributed by atoms with Gasteiger partial charge in [-0.1, -0.05) is 13.0 Å². The first-order chi connectivity index (χ1) is 9.57. The first-order valence-corrected chi connectivity index (χ1v) is 7.25. The lowest BCUT2D eigenvalue weighted by atomic mass is 10.0. The standard InChI is InChI=1S/C16H22N2O2/c1-4-8-17-9-5-10-18-14-12(3)11(2)6-7-13(14)15(19)16(18)20/h6-7,17H,4-5,8-10H2,1-3H3. The predicted molar refractivity (Wildman–Crippen MR) is 80.4 cm³/mol. The van der Waals surface area contributed by atoms with Crippen LogP contribution in [0.3, 0.4) is 0 Å². The second-order valence-electron chi connectivity index (χ2n) is 5.29. The number of rotatable bonds is 6. The number of fused-ring (bicyclic) bond motifs is 1. The summed E-state index contributed by atoms with van der Waals surface area (Å²) in [6.45, 7) is 8.55. The maximum Gasteiger partial charge on any atom is 0.299 e. The molecule has 1 aromatic carbocycles. The van der Waals surface area contributed by atoms with Crippen molar-refractivity contribution in [2.24, 2.45) is 0 Å². The normalized spacial score (nSPS) is 14.1. The Morgan fingerprint density at radius 3 is 2.60 bits per heavy atom. The van der Waals surface area contributed by atoms with E-state index in [-0.39, 0.29) is 11.7 Å². The summed E-state index contributed by atoms with van der Waals surface area (Å²) in [7, 11) is 0. The molecule has 0 aromatic heterocycles. The minimum Gasteiger partial charge on any atom is -0.317 e. The number of hydrogen-bond donors (Lipinski definition) is 1. The molecule has 1 N–H and O–H groups in total. The van der Waals surface area contributed by atoms with Crippen LogP contribution in [-0.4, -0.2) is 31.3 Å². The monoisotopic (exact) mass is 274 g/mol. The molecule has 1 aromatic rings. The Kier molecular flexibility index (Phi) is 4.55. The van der Waals surface area contributed by atoms with E-state index in [2.05, 4.69) is 12.2 Å². The molecule has 0 atom stereocenters. The fourth-order valence-electron chi connectivity index (χ4n) is 2.55. The molecule has 0 spiro atoms. The van der Waals surface area contributed by atoms with E-state index < -0.39 is 0 Å². The summed E-state index contributed by atoms with van der Waals surface area (Å²) in [6, 6.07) is 3.68. The SMILES string of the molecule is CCCNCCCN1C(=O)C(=O)c2ccc(C)c(C)c21. The van der Waals surface area contributed by atoms with E-state index in [1.165, 1.54) is 0 Å². The summed E-state index contributed by atoms with van der Waals surface area (Å²) in [6.07, 6.45) is 1.95. The number of amides is 1. The second-order valence-corrected chi connectivity index (χ2v) is 5.29. The molecule has 0 saturated heterocycles. The van der Waals surface area contributed by atoms with Crippen molar-refractivity contribution in [3.63, 3.8) is 0 Å². The fraction of sp³-hybridized carbons (Fsp3) is 0.500. The number of nitrogens with one attached hydrogen (secondary N) is 1. The van der Waals surface area contributed by atoms with Crippen molar-refractivity contribution < 1.29 is 9.59 Å². The average Bonchev–Trinajstić information content (AvgIpc) is 2.68. The van der Waals surface area contributed by atoms with E-state index in [1.807, 2.05) is 19.9 Å². The number of nitrogens with zero attached hydrogens (tertiary/aromatic N) is 1. The number of carbonyl (C=O) groups is 2. The van der Waals surface area contributed by atoms with Gasteiger partial charge in [-0.3, -0.25) is 9.59 Å². The van der Waals surface area contributed by atoms with Crippen molar-refractivity contribution in [3.8, 4) is 0 Å². The van der Waals surface area contributed by atoms with Gasteiger partial charge in [-0.25, -0.2) is 0 Å². The van der Waals surface area contributed by atoms with Crippen LogP contribution < -0.4 is 10.2 Å². The number of carbonyl (C=O) groups excluding carboxylic acids is 2. The molecule has 0 fully saturated rings. The summed E-state index contributed by atoms with van der Waals surface area (Å²) in [4.78, 5) is 25.7. The van der Waals surface area contributed by atoms with Gasteiger partial charge in [0.25, 0.3) is 11.7 Å².